The quantitative estimate of drug-likeness (QED) is 0.807. The third-order valence-electron chi connectivity index (χ3n) is 4.17. The van der Waals surface area contributed by atoms with Gasteiger partial charge in [-0.15, -0.1) is 0 Å². The maximum Gasteiger partial charge on any atom is 0.313 e. The van der Waals surface area contributed by atoms with Crippen LogP contribution in [0, 0.1) is 19.7 Å². The molecule has 1 atom stereocenters. The molecule has 0 aliphatic carbocycles. The lowest BCUT2D eigenvalue weighted by Crippen LogP contribution is -2.44. The molecule has 0 aliphatic heterocycles. The lowest BCUT2D eigenvalue weighted by atomic mass is 9.95. The van der Waals surface area contributed by atoms with Crippen LogP contribution < -0.4 is 10.6 Å². The van der Waals surface area contributed by atoms with Crippen LogP contribution in [0.15, 0.2) is 42.5 Å². The van der Waals surface area contributed by atoms with Crippen LogP contribution in [0.2, 0.25) is 0 Å². The molecule has 138 valence electrons. The second-order valence-corrected chi connectivity index (χ2v) is 6.43. The van der Waals surface area contributed by atoms with Crippen LogP contribution in [0.5, 0.6) is 0 Å². The van der Waals surface area contributed by atoms with Crippen molar-refractivity contribution in [3.63, 3.8) is 0 Å². The van der Waals surface area contributed by atoms with E-state index < -0.39 is 23.2 Å². The fourth-order valence-electron chi connectivity index (χ4n) is 2.73. The first-order valence-electron chi connectivity index (χ1n) is 8.23. The number of benzene rings is 2. The molecular formula is C20H23FN2O3. The van der Waals surface area contributed by atoms with Crippen molar-refractivity contribution in [3.8, 4) is 0 Å². The van der Waals surface area contributed by atoms with Gasteiger partial charge in [-0.05, 0) is 50.1 Å². The standard InChI is InChI=1S/C20H23FN2O3/c1-13-9-14(2)11-15(10-13)23-19(25)18(24)22-12-20(3,26-4)16-7-5-6-8-17(16)21/h5-11H,12H2,1-4H3,(H,22,24)(H,23,25). The zero-order chi connectivity index (χ0) is 19.3. The van der Waals surface area contributed by atoms with Crippen molar-refractivity contribution in [2.24, 2.45) is 0 Å². The van der Waals surface area contributed by atoms with Gasteiger partial charge in [-0.3, -0.25) is 9.59 Å². The van der Waals surface area contributed by atoms with Gasteiger partial charge in [0.15, 0.2) is 0 Å². The molecule has 26 heavy (non-hydrogen) atoms. The Hall–Kier alpha value is -2.73. The fraction of sp³-hybridized carbons (Fsp3) is 0.300. The molecule has 5 nitrogen and oxygen atoms in total. The molecule has 0 saturated heterocycles. The Labute approximate surface area is 152 Å². The number of halogens is 1. The minimum absolute atomic E-state index is 0.0521. The van der Waals surface area contributed by atoms with Gasteiger partial charge in [0.1, 0.15) is 11.4 Å². The number of carbonyl (C=O) groups excluding carboxylic acids is 2. The summed E-state index contributed by atoms with van der Waals surface area (Å²) in [5.74, 6) is -2.04. The zero-order valence-electron chi connectivity index (χ0n) is 15.4. The predicted molar refractivity (Wildman–Crippen MR) is 98.3 cm³/mol. The Kier molecular flexibility index (Phi) is 6.10. The number of carbonyl (C=O) groups is 2. The maximum absolute atomic E-state index is 14.0. The van der Waals surface area contributed by atoms with Crippen LogP contribution in [-0.2, 0) is 19.9 Å². The van der Waals surface area contributed by atoms with Crippen molar-refractivity contribution in [2.75, 3.05) is 19.0 Å². The second kappa shape index (κ2) is 8.10. The molecule has 2 N–H and O–H groups in total. The first-order valence-corrected chi connectivity index (χ1v) is 8.23. The number of hydrogen-bond acceptors (Lipinski definition) is 3. The van der Waals surface area contributed by atoms with Crippen molar-refractivity contribution in [2.45, 2.75) is 26.4 Å². The number of rotatable bonds is 5. The molecule has 2 aromatic rings. The van der Waals surface area contributed by atoms with E-state index in [1.54, 1.807) is 37.3 Å². The highest BCUT2D eigenvalue weighted by Gasteiger charge is 2.30. The first-order chi connectivity index (χ1) is 12.2. The molecule has 0 bridgehead atoms. The van der Waals surface area contributed by atoms with Crippen molar-refractivity contribution < 1.29 is 18.7 Å². The number of hydrogen-bond donors (Lipinski definition) is 2. The molecule has 0 aromatic heterocycles. The molecule has 0 saturated carbocycles. The number of aryl methyl sites for hydroxylation is 2. The van der Waals surface area contributed by atoms with Crippen LogP contribution in [0.1, 0.15) is 23.6 Å². The van der Waals surface area contributed by atoms with Gasteiger partial charge >= 0.3 is 11.8 Å². The van der Waals surface area contributed by atoms with Gasteiger partial charge in [-0.25, -0.2) is 4.39 Å². The molecule has 0 aliphatic rings. The van der Waals surface area contributed by atoms with Gasteiger partial charge in [-0.2, -0.15) is 0 Å². The van der Waals surface area contributed by atoms with E-state index in [4.69, 9.17) is 4.74 Å². The van der Waals surface area contributed by atoms with E-state index >= 15 is 0 Å². The van der Waals surface area contributed by atoms with E-state index in [9.17, 15) is 14.0 Å². The van der Waals surface area contributed by atoms with E-state index in [0.29, 0.717) is 11.3 Å². The smallest absolute Gasteiger partial charge is 0.313 e. The normalized spacial score (nSPS) is 13.0. The van der Waals surface area contributed by atoms with Gasteiger partial charge in [0.05, 0.1) is 6.54 Å². The summed E-state index contributed by atoms with van der Waals surface area (Å²) < 4.78 is 19.4. The summed E-state index contributed by atoms with van der Waals surface area (Å²) in [5.41, 5.74) is 1.71. The van der Waals surface area contributed by atoms with E-state index in [1.807, 2.05) is 19.9 Å². The summed E-state index contributed by atoms with van der Waals surface area (Å²) in [6.07, 6.45) is 0. The average Bonchev–Trinajstić information content (AvgIpc) is 2.58. The highest BCUT2D eigenvalue weighted by Crippen LogP contribution is 2.26. The van der Waals surface area contributed by atoms with E-state index in [-0.39, 0.29) is 6.54 Å². The molecule has 0 spiro atoms. The first kappa shape index (κ1) is 19.6. The highest BCUT2D eigenvalue weighted by molar-refractivity contribution is 6.39. The number of amides is 2. The lowest BCUT2D eigenvalue weighted by molar-refractivity contribution is -0.137. The molecule has 0 fully saturated rings. The Morgan fingerprint density at radius 2 is 1.69 bits per heavy atom. The van der Waals surface area contributed by atoms with Crippen molar-refractivity contribution >= 4 is 17.5 Å². The molecule has 2 amide bonds. The van der Waals surface area contributed by atoms with Gasteiger partial charge in [0.25, 0.3) is 0 Å². The number of nitrogens with one attached hydrogen (secondary N) is 2. The van der Waals surface area contributed by atoms with Crippen molar-refractivity contribution in [3.05, 3.63) is 65.0 Å². The Bertz CT molecular complexity index is 802. The monoisotopic (exact) mass is 358 g/mol. The number of anilines is 1. The maximum atomic E-state index is 14.0. The highest BCUT2D eigenvalue weighted by atomic mass is 19.1. The van der Waals surface area contributed by atoms with E-state index in [0.717, 1.165) is 11.1 Å². The van der Waals surface area contributed by atoms with E-state index in [1.165, 1.54) is 13.2 Å². The van der Waals surface area contributed by atoms with Crippen molar-refractivity contribution in [1.29, 1.82) is 0 Å². The molecule has 0 radical (unpaired) electrons. The summed E-state index contributed by atoms with van der Waals surface area (Å²) >= 11 is 0. The lowest BCUT2D eigenvalue weighted by Gasteiger charge is -2.29. The van der Waals surface area contributed by atoms with Gasteiger partial charge < -0.3 is 15.4 Å². The predicted octanol–water partition coefficient (Wildman–Crippen LogP) is 3.06. The number of ether oxygens (including phenoxy) is 1. The Morgan fingerprint density at radius 3 is 2.27 bits per heavy atom. The summed E-state index contributed by atoms with van der Waals surface area (Å²) in [6.45, 7) is 5.40. The van der Waals surface area contributed by atoms with Crippen molar-refractivity contribution in [1.82, 2.24) is 5.32 Å². The third-order valence-corrected chi connectivity index (χ3v) is 4.17. The third kappa shape index (κ3) is 4.67. The van der Waals surface area contributed by atoms with Crippen LogP contribution >= 0.6 is 0 Å². The summed E-state index contributed by atoms with van der Waals surface area (Å²) in [6, 6.07) is 11.7. The molecule has 6 heteroatoms. The molecule has 0 heterocycles. The molecule has 2 rings (SSSR count). The molecule has 2 aromatic carbocycles. The summed E-state index contributed by atoms with van der Waals surface area (Å²) in [4.78, 5) is 24.2. The largest absolute Gasteiger partial charge is 0.372 e. The second-order valence-electron chi connectivity index (χ2n) is 6.43. The SMILES string of the molecule is COC(C)(CNC(=O)C(=O)Nc1cc(C)cc(C)c1)c1ccccc1F. The fourth-order valence-corrected chi connectivity index (χ4v) is 2.73. The van der Waals surface area contributed by atoms with Crippen LogP contribution in [-0.4, -0.2) is 25.5 Å². The topological polar surface area (TPSA) is 67.4 Å². The minimum Gasteiger partial charge on any atom is -0.372 e. The van der Waals surface area contributed by atoms with Crippen LogP contribution in [0.25, 0.3) is 0 Å². The number of methoxy groups -OCH3 is 1. The minimum atomic E-state index is -1.10. The summed E-state index contributed by atoms with van der Waals surface area (Å²) in [5, 5.41) is 5.07. The molecular weight excluding hydrogens is 335 g/mol. The van der Waals surface area contributed by atoms with Gasteiger partial charge in [0, 0.05) is 18.4 Å². The van der Waals surface area contributed by atoms with Crippen LogP contribution in [0.3, 0.4) is 0 Å². The zero-order valence-corrected chi connectivity index (χ0v) is 15.4. The van der Waals surface area contributed by atoms with Crippen LogP contribution in [0.4, 0.5) is 10.1 Å². The van der Waals surface area contributed by atoms with E-state index in [2.05, 4.69) is 10.6 Å². The van der Waals surface area contributed by atoms with Gasteiger partial charge in [-0.1, -0.05) is 24.3 Å². The average molecular weight is 358 g/mol. The Balaban J connectivity index is 2.04. The van der Waals surface area contributed by atoms with Gasteiger partial charge in [0.2, 0.25) is 0 Å². The molecule has 1 unspecified atom stereocenters. The Morgan fingerprint density at radius 1 is 1.08 bits per heavy atom. The summed E-state index contributed by atoms with van der Waals surface area (Å²) in [7, 11) is 1.42.